The van der Waals surface area contributed by atoms with E-state index < -0.39 is 136 Å². The molecule has 270 valence electrons. The molecular weight excluding hydrogens is 664 g/mol. The molecule has 19 nitrogen and oxygen atoms in total. The number of hydrogen-bond donors (Lipinski definition) is 10. The van der Waals surface area contributed by atoms with Gasteiger partial charge in [0.1, 0.15) is 42.0 Å². The zero-order valence-electron chi connectivity index (χ0n) is 26.3. The number of fused-ring (bicyclic) bond motifs is 1. The minimum Gasteiger partial charge on any atom is -0.504 e. The molecule has 1 aromatic heterocycles. The normalized spacial score (nSPS) is 30.2. The van der Waals surface area contributed by atoms with E-state index in [0.29, 0.717) is 0 Å². The van der Waals surface area contributed by atoms with Crippen LogP contribution >= 0.6 is 0 Å². The summed E-state index contributed by atoms with van der Waals surface area (Å²) >= 11 is 0. The lowest BCUT2D eigenvalue weighted by Crippen LogP contribution is -2.64. The highest BCUT2D eigenvalue weighted by Crippen LogP contribution is 2.52. The Hall–Kier alpha value is -4.31. The molecule has 0 radical (unpaired) electrons. The van der Waals surface area contributed by atoms with Crippen LogP contribution in [0.3, 0.4) is 0 Å². The largest absolute Gasteiger partial charge is 0.504 e. The second-order valence-corrected chi connectivity index (χ2v) is 11.2. The summed E-state index contributed by atoms with van der Waals surface area (Å²) in [5.41, 5.74) is -2.01. The summed E-state index contributed by atoms with van der Waals surface area (Å²) in [5, 5.41) is 104. The van der Waals surface area contributed by atoms with E-state index in [0.717, 1.165) is 33.5 Å². The summed E-state index contributed by atoms with van der Waals surface area (Å²) in [7, 11) is 3.30. The molecule has 5 rings (SSSR count). The van der Waals surface area contributed by atoms with E-state index in [-0.39, 0.29) is 5.56 Å². The molecule has 2 aromatic carbocycles. The molecule has 0 aliphatic carbocycles. The molecule has 0 saturated carbocycles. The molecule has 10 atom stereocenters. The third-order valence-corrected chi connectivity index (χ3v) is 8.28. The van der Waals surface area contributed by atoms with Gasteiger partial charge in [0.05, 0.1) is 39.6 Å². The Bertz CT molecular complexity index is 1740. The number of methoxy groups -OCH3 is 3. The number of phenols is 4. The van der Waals surface area contributed by atoms with Crippen LogP contribution in [-0.2, 0) is 14.2 Å². The van der Waals surface area contributed by atoms with Crippen molar-refractivity contribution in [1.29, 1.82) is 0 Å². The van der Waals surface area contributed by atoms with Crippen molar-refractivity contribution in [3.8, 4) is 57.3 Å². The average molecular weight is 701 g/mol. The first-order chi connectivity index (χ1) is 23.2. The molecule has 0 amide bonds. The van der Waals surface area contributed by atoms with Crippen LogP contribution in [0.4, 0.5) is 0 Å². The van der Waals surface area contributed by atoms with E-state index in [1.807, 2.05) is 0 Å². The van der Waals surface area contributed by atoms with Crippen molar-refractivity contribution >= 4 is 11.0 Å². The van der Waals surface area contributed by atoms with E-state index in [1.54, 1.807) is 0 Å². The van der Waals surface area contributed by atoms with E-state index in [4.69, 9.17) is 37.6 Å². The van der Waals surface area contributed by atoms with Crippen LogP contribution in [0, 0.1) is 0 Å². The fraction of sp³-hybridized carbons (Fsp3) is 0.500. The maximum Gasteiger partial charge on any atom is 0.239 e. The number of phenolic OH excluding ortho intramolecular Hbond substituents is 4. The molecule has 0 spiro atoms. The molecule has 2 fully saturated rings. The summed E-state index contributed by atoms with van der Waals surface area (Å²) in [5.74, 6) is -6.11. The lowest BCUT2D eigenvalue weighted by molar-refractivity contribution is -0.354. The SMILES string of the molecule is COc1c(-c2oc3c(OC)c(O)c(OC)c(O)c3c(=O)c2OC2OC(CO)C(O)C(O)C2OC2OC(C)C(O)C(O)C2O)ccc(O)c1O. The quantitative estimate of drug-likeness (QED) is 0.112. The van der Waals surface area contributed by atoms with Gasteiger partial charge >= 0.3 is 0 Å². The molecule has 3 heterocycles. The second-order valence-electron chi connectivity index (χ2n) is 11.2. The summed E-state index contributed by atoms with van der Waals surface area (Å²) in [6, 6.07) is 2.15. The van der Waals surface area contributed by atoms with Gasteiger partial charge in [0.25, 0.3) is 0 Å². The van der Waals surface area contributed by atoms with Gasteiger partial charge < -0.3 is 88.6 Å². The van der Waals surface area contributed by atoms with E-state index in [2.05, 4.69) is 0 Å². The van der Waals surface area contributed by atoms with Gasteiger partial charge in [-0.2, -0.15) is 0 Å². The van der Waals surface area contributed by atoms with Gasteiger partial charge in [0.2, 0.25) is 40.5 Å². The van der Waals surface area contributed by atoms with Crippen molar-refractivity contribution in [2.45, 2.75) is 68.3 Å². The van der Waals surface area contributed by atoms with Gasteiger partial charge in [-0.1, -0.05) is 0 Å². The summed E-state index contributed by atoms with van der Waals surface area (Å²) in [6.45, 7) is 0.469. The maximum atomic E-state index is 14.3. The third-order valence-electron chi connectivity index (χ3n) is 8.28. The van der Waals surface area contributed by atoms with E-state index >= 15 is 0 Å². The molecule has 10 N–H and O–H groups in total. The number of rotatable bonds is 9. The Morgan fingerprint density at radius 2 is 1.37 bits per heavy atom. The van der Waals surface area contributed by atoms with Crippen molar-refractivity contribution in [2.75, 3.05) is 27.9 Å². The van der Waals surface area contributed by atoms with Crippen LogP contribution in [0.5, 0.6) is 46.0 Å². The molecule has 49 heavy (non-hydrogen) atoms. The first kappa shape index (κ1) is 36.0. The van der Waals surface area contributed by atoms with Crippen molar-refractivity contribution in [3.63, 3.8) is 0 Å². The first-order valence-corrected chi connectivity index (χ1v) is 14.6. The summed E-state index contributed by atoms with van der Waals surface area (Å²) in [4.78, 5) is 14.3. The van der Waals surface area contributed by atoms with E-state index in [9.17, 15) is 55.9 Å². The molecule has 2 saturated heterocycles. The van der Waals surface area contributed by atoms with Crippen LogP contribution in [0.2, 0.25) is 0 Å². The van der Waals surface area contributed by atoms with Crippen LogP contribution < -0.4 is 24.4 Å². The number of benzene rings is 2. The second kappa shape index (κ2) is 13.9. The van der Waals surface area contributed by atoms with Gasteiger partial charge in [-0.05, 0) is 19.1 Å². The Balaban J connectivity index is 1.74. The molecule has 0 bridgehead atoms. The monoisotopic (exact) mass is 700 g/mol. The number of aromatic hydroxyl groups is 4. The highest BCUT2D eigenvalue weighted by Gasteiger charge is 2.51. The van der Waals surface area contributed by atoms with Crippen molar-refractivity contribution in [1.82, 2.24) is 0 Å². The topological polar surface area (TPSA) is 297 Å². The number of hydrogen-bond acceptors (Lipinski definition) is 19. The van der Waals surface area contributed by atoms with Crippen molar-refractivity contribution in [3.05, 3.63) is 22.4 Å². The lowest BCUT2D eigenvalue weighted by Gasteiger charge is -2.45. The fourth-order valence-corrected chi connectivity index (χ4v) is 5.64. The number of aliphatic hydroxyl groups excluding tert-OH is 6. The predicted molar refractivity (Wildman–Crippen MR) is 160 cm³/mol. The van der Waals surface area contributed by atoms with Crippen LogP contribution in [0.15, 0.2) is 21.3 Å². The lowest BCUT2D eigenvalue weighted by atomic mass is 9.97. The summed E-state index contributed by atoms with van der Waals surface area (Å²) < 4.78 is 44.3. The predicted octanol–water partition coefficient (Wildman–Crippen LogP) is -1.66. The first-order valence-electron chi connectivity index (χ1n) is 14.6. The zero-order chi connectivity index (χ0) is 36.1. The average Bonchev–Trinajstić information content (AvgIpc) is 3.07. The highest BCUT2D eigenvalue weighted by molar-refractivity contribution is 5.96. The Morgan fingerprint density at radius 1 is 0.714 bits per heavy atom. The molecular formula is C30H36O19. The minimum atomic E-state index is -2.00. The van der Waals surface area contributed by atoms with Crippen LogP contribution in [0.1, 0.15) is 6.92 Å². The highest BCUT2D eigenvalue weighted by atomic mass is 16.8. The standard InChI is InChI=1S/C30H36O19/c1-8-13(33)18(38)20(40)29(45-8)49-28-19(39)15(35)11(7-31)46-30(28)48-27-17(37)12-16(36)25(43-3)21(41)26(44-4)24(12)47-23(27)9-5-6-10(32)14(34)22(9)42-2/h5-6,8,11,13,15,18-20,28-36,38-41H,7H2,1-4H3. The number of ether oxygens (including phenoxy) is 7. The molecule has 3 aromatic rings. The smallest absolute Gasteiger partial charge is 0.239 e. The van der Waals surface area contributed by atoms with Gasteiger partial charge in [-0.15, -0.1) is 0 Å². The van der Waals surface area contributed by atoms with Gasteiger partial charge in [-0.25, -0.2) is 0 Å². The van der Waals surface area contributed by atoms with Crippen molar-refractivity contribution < 1.29 is 88.6 Å². The van der Waals surface area contributed by atoms with Crippen molar-refractivity contribution in [2.24, 2.45) is 0 Å². The van der Waals surface area contributed by atoms with Gasteiger partial charge in [-0.3, -0.25) is 4.79 Å². The van der Waals surface area contributed by atoms with Crippen LogP contribution in [-0.4, -0.2) is 140 Å². The van der Waals surface area contributed by atoms with Gasteiger partial charge in [0, 0.05) is 0 Å². The zero-order valence-corrected chi connectivity index (χ0v) is 26.3. The molecule has 2 aliphatic heterocycles. The van der Waals surface area contributed by atoms with Gasteiger partial charge in [0.15, 0.2) is 41.0 Å². The Kier molecular flexibility index (Phi) is 10.2. The molecule has 2 aliphatic rings. The fourth-order valence-electron chi connectivity index (χ4n) is 5.64. The molecule has 10 unspecified atom stereocenters. The Labute approximate surface area is 275 Å². The Morgan fingerprint density at radius 3 is 1.98 bits per heavy atom. The molecule has 19 heteroatoms. The minimum absolute atomic E-state index is 0.256. The number of aliphatic hydroxyl groups is 6. The maximum absolute atomic E-state index is 14.3. The summed E-state index contributed by atoms with van der Waals surface area (Å²) in [6.07, 6.45) is -17.3. The van der Waals surface area contributed by atoms with Crippen LogP contribution in [0.25, 0.3) is 22.3 Å². The third kappa shape index (κ3) is 5.98. The van der Waals surface area contributed by atoms with E-state index in [1.165, 1.54) is 6.92 Å².